The quantitative estimate of drug-likeness (QED) is 0.746. The molecule has 1 aromatic rings. The highest BCUT2D eigenvalue weighted by molar-refractivity contribution is 8.01. The minimum absolute atomic E-state index is 0.00796. The van der Waals surface area contributed by atoms with Gasteiger partial charge in [0, 0.05) is 10.8 Å². The summed E-state index contributed by atoms with van der Waals surface area (Å²) in [7, 11) is 0. The summed E-state index contributed by atoms with van der Waals surface area (Å²) in [4.78, 5) is 0. The molecule has 2 atom stereocenters. The summed E-state index contributed by atoms with van der Waals surface area (Å²) in [6, 6.07) is 0. The smallest absolute Gasteiger partial charge is 0.174 e. The lowest BCUT2D eigenvalue weighted by molar-refractivity contribution is 0.201. The van der Waals surface area contributed by atoms with E-state index in [-0.39, 0.29) is 6.61 Å². The molecular formula is C8H15N3OS2. The van der Waals surface area contributed by atoms with Gasteiger partial charge in [-0.3, -0.25) is 0 Å². The van der Waals surface area contributed by atoms with E-state index in [9.17, 15) is 0 Å². The molecule has 0 fully saturated rings. The van der Waals surface area contributed by atoms with Crippen LogP contribution in [-0.4, -0.2) is 32.7 Å². The zero-order valence-electron chi connectivity index (χ0n) is 8.30. The molecule has 0 radical (unpaired) electrons. The molecule has 0 saturated carbocycles. The molecule has 4 nitrogen and oxygen atoms in total. The molecule has 0 aromatic carbocycles. The van der Waals surface area contributed by atoms with Gasteiger partial charge in [-0.25, -0.2) is 0 Å². The molecule has 1 aromatic heterocycles. The van der Waals surface area contributed by atoms with Crippen molar-refractivity contribution in [2.75, 3.05) is 6.61 Å². The first-order chi connectivity index (χ1) is 6.53. The van der Waals surface area contributed by atoms with E-state index >= 15 is 0 Å². The molecule has 2 unspecified atom stereocenters. The maximum absolute atomic E-state index is 9.01. The van der Waals surface area contributed by atoms with Crippen LogP contribution in [0.4, 0.5) is 0 Å². The molecule has 0 saturated heterocycles. The van der Waals surface area contributed by atoms with E-state index in [4.69, 9.17) is 10.8 Å². The van der Waals surface area contributed by atoms with Crippen LogP contribution in [0.1, 0.15) is 20.3 Å². The Morgan fingerprint density at radius 3 is 3.00 bits per heavy atom. The summed E-state index contributed by atoms with van der Waals surface area (Å²) in [5.74, 6) is 0. The predicted octanol–water partition coefficient (Wildman–Crippen LogP) is 1.12. The summed E-state index contributed by atoms with van der Waals surface area (Å²) < 4.78 is 0.950. The molecule has 0 bridgehead atoms. The van der Waals surface area contributed by atoms with Crippen molar-refractivity contribution in [3.63, 3.8) is 0 Å². The molecule has 80 valence electrons. The Morgan fingerprint density at radius 1 is 1.79 bits per heavy atom. The van der Waals surface area contributed by atoms with Crippen LogP contribution in [0.3, 0.4) is 0 Å². The number of nitrogens with zero attached hydrogens (tertiary/aromatic N) is 2. The first-order valence-corrected chi connectivity index (χ1v) is 6.12. The van der Waals surface area contributed by atoms with Crippen molar-refractivity contribution in [2.24, 2.45) is 5.73 Å². The van der Waals surface area contributed by atoms with Gasteiger partial charge in [0.1, 0.15) is 5.51 Å². The number of aliphatic hydroxyl groups excluding tert-OH is 1. The highest BCUT2D eigenvalue weighted by Crippen LogP contribution is 2.28. The van der Waals surface area contributed by atoms with E-state index in [1.54, 1.807) is 17.3 Å². The molecule has 3 N–H and O–H groups in total. The Kier molecular flexibility index (Phi) is 4.31. The number of thioether (sulfide) groups is 1. The first-order valence-electron chi connectivity index (χ1n) is 4.36. The van der Waals surface area contributed by atoms with E-state index in [1.807, 2.05) is 6.92 Å². The number of aromatic nitrogens is 2. The number of nitrogens with two attached hydrogens (primary N) is 1. The van der Waals surface area contributed by atoms with Crippen molar-refractivity contribution in [3.05, 3.63) is 5.51 Å². The lowest BCUT2D eigenvalue weighted by atomic mass is 9.99. The minimum Gasteiger partial charge on any atom is -0.394 e. The Hall–Kier alpha value is -0.170. The van der Waals surface area contributed by atoms with Gasteiger partial charge in [0.2, 0.25) is 0 Å². The zero-order valence-corrected chi connectivity index (χ0v) is 9.94. The number of hydrogen-bond acceptors (Lipinski definition) is 6. The molecule has 1 heterocycles. The van der Waals surface area contributed by atoms with Gasteiger partial charge in [-0.1, -0.05) is 30.0 Å². The van der Waals surface area contributed by atoms with Gasteiger partial charge in [0.05, 0.1) is 6.61 Å². The second-order valence-corrected chi connectivity index (χ2v) is 6.17. The minimum atomic E-state index is -0.503. The summed E-state index contributed by atoms with van der Waals surface area (Å²) in [5, 5.41) is 17.0. The van der Waals surface area contributed by atoms with Crippen LogP contribution in [0.25, 0.3) is 0 Å². The van der Waals surface area contributed by atoms with Crippen LogP contribution in [0.15, 0.2) is 9.85 Å². The topological polar surface area (TPSA) is 72.0 Å². The van der Waals surface area contributed by atoms with Gasteiger partial charge in [0.25, 0.3) is 0 Å². The average molecular weight is 233 g/mol. The Balaban J connectivity index is 2.40. The molecule has 0 spiro atoms. The second kappa shape index (κ2) is 5.06. The lowest BCUT2D eigenvalue weighted by Crippen LogP contribution is -2.42. The lowest BCUT2D eigenvalue weighted by Gasteiger charge is -2.24. The maximum atomic E-state index is 9.01. The summed E-state index contributed by atoms with van der Waals surface area (Å²) in [5.41, 5.74) is 7.06. The molecule has 0 aliphatic rings. The standard InChI is InChI=1S/C8H15N3OS2/c1-6(3-8(2,9)4-12)14-7-11-10-5-13-7/h5-6,12H,3-4,9H2,1-2H3. The van der Waals surface area contributed by atoms with Crippen molar-refractivity contribution in [3.8, 4) is 0 Å². The summed E-state index contributed by atoms with van der Waals surface area (Å²) in [6.45, 7) is 3.94. The van der Waals surface area contributed by atoms with Crippen molar-refractivity contribution in [1.82, 2.24) is 10.2 Å². The Morgan fingerprint density at radius 2 is 2.50 bits per heavy atom. The van der Waals surface area contributed by atoms with E-state index in [0.717, 1.165) is 10.8 Å². The molecule has 1 rings (SSSR count). The maximum Gasteiger partial charge on any atom is 0.174 e. The third-order valence-electron chi connectivity index (χ3n) is 1.76. The van der Waals surface area contributed by atoms with E-state index in [0.29, 0.717) is 5.25 Å². The van der Waals surface area contributed by atoms with Crippen LogP contribution in [0.5, 0.6) is 0 Å². The summed E-state index contributed by atoms with van der Waals surface area (Å²) >= 11 is 3.17. The molecule has 0 aliphatic heterocycles. The van der Waals surface area contributed by atoms with Crippen molar-refractivity contribution in [2.45, 2.75) is 35.4 Å². The van der Waals surface area contributed by atoms with Crippen LogP contribution < -0.4 is 5.73 Å². The molecule has 0 aliphatic carbocycles. The van der Waals surface area contributed by atoms with Gasteiger partial charge in [-0.15, -0.1) is 10.2 Å². The number of aliphatic hydroxyl groups is 1. The van der Waals surface area contributed by atoms with E-state index < -0.39 is 5.54 Å². The van der Waals surface area contributed by atoms with Gasteiger partial charge >= 0.3 is 0 Å². The predicted molar refractivity (Wildman–Crippen MR) is 59.5 cm³/mol. The van der Waals surface area contributed by atoms with E-state index in [2.05, 4.69) is 17.1 Å². The number of hydrogen-bond donors (Lipinski definition) is 2. The fourth-order valence-electron chi connectivity index (χ4n) is 1.15. The molecule has 0 amide bonds. The van der Waals surface area contributed by atoms with Crippen molar-refractivity contribution < 1.29 is 5.11 Å². The van der Waals surface area contributed by atoms with Gasteiger partial charge in [-0.05, 0) is 13.3 Å². The molecule has 6 heteroatoms. The van der Waals surface area contributed by atoms with Gasteiger partial charge in [0.15, 0.2) is 4.34 Å². The number of rotatable bonds is 5. The monoisotopic (exact) mass is 233 g/mol. The van der Waals surface area contributed by atoms with Gasteiger partial charge < -0.3 is 10.8 Å². The second-order valence-electron chi connectivity index (χ2n) is 3.65. The van der Waals surface area contributed by atoms with Crippen LogP contribution in [-0.2, 0) is 0 Å². The third-order valence-corrected chi connectivity index (χ3v) is 3.67. The Bertz CT molecular complexity index is 264. The third kappa shape index (κ3) is 3.91. The van der Waals surface area contributed by atoms with E-state index in [1.165, 1.54) is 11.3 Å². The van der Waals surface area contributed by atoms with Crippen molar-refractivity contribution >= 4 is 23.1 Å². The van der Waals surface area contributed by atoms with Crippen LogP contribution in [0.2, 0.25) is 0 Å². The normalized spacial score (nSPS) is 17.7. The van der Waals surface area contributed by atoms with Crippen LogP contribution >= 0.6 is 23.1 Å². The highest BCUT2D eigenvalue weighted by Gasteiger charge is 2.21. The van der Waals surface area contributed by atoms with Crippen LogP contribution in [0, 0.1) is 0 Å². The SMILES string of the molecule is CC(CC(C)(N)CO)Sc1nncs1. The molecule has 14 heavy (non-hydrogen) atoms. The largest absolute Gasteiger partial charge is 0.394 e. The summed E-state index contributed by atoms with van der Waals surface area (Å²) in [6.07, 6.45) is 0.758. The zero-order chi connectivity index (χ0) is 10.6. The highest BCUT2D eigenvalue weighted by atomic mass is 32.2. The molecular weight excluding hydrogens is 218 g/mol. The first kappa shape index (κ1) is 11.9. The van der Waals surface area contributed by atoms with Crippen molar-refractivity contribution in [1.29, 1.82) is 0 Å². The van der Waals surface area contributed by atoms with Gasteiger partial charge in [-0.2, -0.15) is 0 Å². The Labute approximate surface area is 91.9 Å². The average Bonchev–Trinajstić information content (AvgIpc) is 2.55. The fraction of sp³-hybridized carbons (Fsp3) is 0.750. The fourth-order valence-corrected chi connectivity index (χ4v) is 3.17.